The van der Waals surface area contributed by atoms with E-state index in [4.69, 9.17) is 51.1 Å². The Labute approximate surface area is 209 Å². The molecule has 1 aliphatic carbocycles. The molecule has 0 radical (unpaired) electrons. The Balaban J connectivity index is 1.49. The molecule has 3 unspecified atom stereocenters. The first kappa shape index (κ1) is 23.5. The predicted molar refractivity (Wildman–Crippen MR) is 134 cm³/mol. The Morgan fingerprint density at radius 2 is 1.81 bits per heavy atom. The fourth-order valence-corrected chi connectivity index (χ4v) is 5.14. The van der Waals surface area contributed by atoms with Gasteiger partial charge in [-0.1, -0.05) is 76.8 Å². The summed E-state index contributed by atoms with van der Waals surface area (Å²) in [5.41, 5.74) is 1.84. The van der Waals surface area contributed by atoms with Gasteiger partial charge in [0, 0.05) is 11.2 Å². The number of halogens is 4. The van der Waals surface area contributed by atoms with E-state index >= 15 is 0 Å². The topological polar surface area (TPSA) is 56.7 Å². The normalized spacial score (nSPS) is 21.0. The van der Waals surface area contributed by atoms with E-state index in [0.29, 0.717) is 25.7 Å². The average molecular weight is 526 g/mol. The lowest BCUT2D eigenvalue weighted by Gasteiger charge is -2.16. The maximum Gasteiger partial charge on any atom is 0.192 e. The number of ether oxygens (including phenoxy) is 1. The molecule has 1 aliphatic heterocycles. The zero-order valence-electron chi connectivity index (χ0n) is 16.3. The molecule has 2 aromatic carbocycles. The van der Waals surface area contributed by atoms with Gasteiger partial charge in [0.25, 0.3) is 0 Å². The van der Waals surface area contributed by atoms with Crippen molar-refractivity contribution in [1.29, 1.82) is 0 Å². The second kappa shape index (κ2) is 10.5. The van der Waals surface area contributed by atoms with Crippen molar-refractivity contribution in [2.24, 2.45) is 4.99 Å². The standard InChI is InChI=1S/C23H16Cl4N2O2S/c24-15-6-10-22(19(26)11-15)32(30)29-16-7-9-18(25)23(20(27)12-16)31-17-8-5-14-3-1-2-4-21(14)28-13-17/h1-13,16-17,29H. The van der Waals surface area contributed by atoms with Gasteiger partial charge in [0.15, 0.2) is 16.8 Å². The highest BCUT2D eigenvalue weighted by Crippen LogP contribution is 2.31. The van der Waals surface area contributed by atoms with Crippen LogP contribution in [0.3, 0.4) is 0 Å². The minimum atomic E-state index is -1.61. The van der Waals surface area contributed by atoms with Crippen molar-refractivity contribution < 1.29 is 9.29 Å². The highest BCUT2D eigenvalue weighted by molar-refractivity contribution is 7.89. The third-order valence-corrected chi connectivity index (χ3v) is 7.06. The van der Waals surface area contributed by atoms with E-state index in [-0.39, 0.29) is 5.03 Å². The number of hydrogen-bond donors (Lipinski definition) is 1. The van der Waals surface area contributed by atoms with Crippen LogP contribution in [0, 0.1) is 0 Å². The smallest absolute Gasteiger partial charge is 0.192 e. The van der Waals surface area contributed by atoms with Crippen molar-refractivity contribution in [3.63, 3.8) is 0 Å². The first-order valence-electron chi connectivity index (χ1n) is 9.47. The SMILES string of the molecule is [O-][S+](NC1C=CC(Cl)=C(OC2C=Cc3ccccc3N=C2)C(Cl)=C1)c1ccc(Cl)cc1Cl. The molecule has 0 amide bonds. The van der Waals surface area contributed by atoms with Gasteiger partial charge >= 0.3 is 0 Å². The predicted octanol–water partition coefficient (Wildman–Crippen LogP) is 6.93. The van der Waals surface area contributed by atoms with Crippen molar-refractivity contribution in [3.8, 4) is 0 Å². The molecule has 0 saturated heterocycles. The summed E-state index contributed by atoms with van der Waals surface area (Å²) in [6, 6.07) is 12.1. The molecule has 0 bridgehead atoms. The fraction of sp³-hybridized carbons (Fsp3) is 0.0870. The summed E-state index contributed by atoms with van der Waals surface area (Å²) < 4.78 is 21.7. The molecule has 0 fully saturated rings. The lowest BCUT2D eigenvalue weighted by atomic mass is 10.1. The van der Waals surface area contributed by atoms with Crippen LogP contribution in [0.5, 0.6) is 0 Å². The van der Waals surface area contributed by atoms with Gasteiger partial charge in [-0.25, -0.2) is 0 Å². The van der Waals surface area contributed by atoms with E-state index < -0.39 is 23.5 Å². The highest BCUT2D eigenvalue weighted by Gasteiger charge is 2.23. The number of benzene rings is 2. The molecular formula is C23H16Cl4N2O2S. The molecule has 3 atom stereocenters. The summed E-state index contributed by atoms with van der Waals surface area (Å²) in [5, 5.41) is 1.36. The monoisotopic (exact) mass is 524 g/mol. The lowest BCUT2D eigenvalue weighted by molar-refractivity contribution is 0.219. The molecule has 0 saturated carbocycles. The van der Waals surface area contributed by atoms with E-state index in [2.05, 4.69) is 9.71 Å². The molecule has 0 spiro atoms. The largest absolute Gasteiger partial charge is 0.593 e. The van der Waals surface area contributed by atoms with E-state index in [0.717, 1.165) is 11.3 Å². The van der Waals surface area contributed by atoms with Crippen LogP contribution in [0.4, 0.5) is 5.69 Å². The fourth-order valence-electron chi connectivity index (χ4n) is 3.02. The van der Waals surface area contributed by atoms with Gasteiger partial charge < -0.3 is 9.29 Å². The van der Waals surface area contributed by atoms with Crippen molar-refractivity contribution >= 4 is 75.7 Å². The molecular weight excluding hydrogens is 510 g/mol. The van der Waals surface area contributed by atoms with Crippen LogP contribution in [-0.4, -0.2) is 22.9 Å². The Bertz CT molecular complexity index is 1140. The lowest BCUT2D eigenvalue weighted by Crippen LogP contribution is -2.32. The number of nitrogens with zero attached hydrogens (tertiary/aromatic N) is 1. The Kier molecular flexibility index (Phi) is 7.69. The number of allylic oxidation sites excluding steroid dienone is 3. The van der Waals surface area contributed by atoms with E-state index in [1.165, 1.54) is 6.07 Å². The minimum absolute atomic E-state index is 0.278. The maximum atomic E-state index is 12.8. The van der Waals surface area contributed by atoms with Gasteiger partial charge in [-0.2, -0.15) is 0 Å². The van der Waals surface area contributed by atoms with Crippen LogP contribution in [0.1, 0.15) is 5.56 Å². The maximum absolute atomic E-state index is 12.8. The summed E-state index contributed by atoms with van der Waals surface area (Å²) >= 11 is 23.4. The Hall–Kier alpha value is -1.70. The quantitative estimate of drug-likeness (QED) is 0.430. The summed E-state index contributed by atoms with van der Waals surface area (Å²) in [6.07, 6.45) is 10.1. The summed E-state index contributed by atoms with van der Waals surface area (Å²) in [7, 11) is 0. The number of aliphatic imine (C=N–C) groups is 1. The number of para-hydroxylation sites is 1. The number of hydrogen-bond acceptors (Lipinski definition) is 4. The van der Waals surface area contributed by atoms with Gasteiger partial charge in [-0.15, -0.1) is 4.72 Å². The van der Waals surface area contributed by atoms with Crippen molar-refractivity contribution in [3.05, 3.63) is 98.2 Å². The second-order valence-corrected chi connectivity index (χ2v) is 9.69. The van der Waals surface area contributed by atoms with Crippen LogP contribution in [-0.2, 0) is 16.1 Å². The van der Waals surface area contributed by atoms with E-state index in [1.807, 2.05) is 36.4 Å². The molecule has 32 heavy (non-hydrogen) atoms. The molecule has 1 heterocycles. The van der Waals surface area contributed by atoms with E-state index in [1.54, 1.807) is 36.6 Å². The Morgan fingerprint density at radius 3 is 2.62 bits per heavy atom. The number of fused-ring (bicyclic) bond motifs is 1. The van der Waals surface area contributed by atoms with Crippen molar-refractivity contribution in [2.45, 2.75) is 17.0 Å². The molecule has 164 valence electrons. The Morgan fingerprint density at radius 1 is 1.00 bits per heavy atom. The van der Waals surface area contributed by atoms with Gasteiger partial charge in [0.05, 0.1) is 38.2 Å². The molecule has 4 rings (SSSR count). The molecule has 0 aromatic heterocycles. The van der Waals surface area contributed by atoms with Gasteiger partial charge in [0.1, 0.15) is 0 Å². The van der Waals surface area contributed by atoms with Gasteiger partial charge in [-0.3, -0.25) is 4.99 Å². The first-order chi connectivity index (χ1) is 15.4. The number of rotatable bonds is 5. The third-order valence-electron chi connectivity index (χ3n) is 4.56. The van der Waals surface area contributed by atoms with Crippen molar-refractivity contribution in [1.82, 2.24) is 4.72 Å². The molecule has 4 nitrogen and oxygen atoms in total. The first-order valence-corrected chi connectivity index (χ1v) is 12.1. The molecule has 1 N–H and O–H groups in total. The summed E-state index contributed by atoms with van der Waals surface area (Å²) in [4.78, 5) is 4.89. The van der Waals surface area contributed by atoms with Crippen molar-refractivity contribution in [2.75, 3.05) is 0 Å². The van der Waals surface area contributed by atoms with Crippen LogP contribution in [0.25, 0.3) is 6.08 Å². The average Bonchev–Trinajstić information content (AvgIpc) is 3.04. The van der Waals surface area contributed by atoms with Gasteiger partial charge in [-0.05, 0) is 48.1 Å². The summed E-state index contributed by atoms with van der Waals surface area (Å²) in [6.45, 7) is 0. The third kappa shape index (κ3) is 5.61. The molecule has 9 heteroatoms. The zero-order valence-corrected chi connectivity index (χ0v) is 20.2. The minimum Gasteiger partial charge on any atom is -0.593 e. The number of nitrogens with one attached hydrogen (secondary N) is 1. The van der Waals surface area contributed by atoms with Gasteiger partial charge in [0.2, 0.25) is 0 Å². The van der Waals surface area contributed by atoms with Crippen LogP contribution in [0.15, 0.2) is 92.5 Å². The van der Waals surface area contributed by atoms with E-state index in [9.17, 15) is 4.55 Å². The summed E-state index contributed by atoms with van der Waals surface area (Å²) in [5.74, 6) is 0.302. The van der Waals surface area contributed by atoms with Crippen LogP contribution < -0.4 is 4.72 Å². The molecule has 2 aliphatic rings. The zero-order chi connectivity index (χ0) is 22.7. The van der Waals surface area contributed by atoms with Crippen LogP contribution >= 0.6 is 46.4 Å². The molecule has 2 aromatic rings. The highest BCUT2D eigenvalue weighted by atomic mass is 35.5. The van der Waals surface area contributed by atoms with Crippen LogP contribution in [0.2, 0.25) is 10.0 Å². The second-order valence-electron chi connectivity index (χ2n) is 6.82.